The van der Waals surface area contributed by atoms with Crippen molar-refractivity contribution in [2.45, 2.75) is 24.1 Å². The molecule has 0 spiro atoms. The Morgan fingerprint density at radius 2 is 1.80 bits per heavy atom. The first kappa shape index (κ1) is 18.5. The number of hydrogen-bond acceptors (Lipinski definition) is 5. The fraction of sp³-hybridized carbons (Fsp3) is 0.588. The van der Waals surface area contributed by atoms with Gasteiger partial charge in [-0.25, -0.2) is 14.0 Å². The lowest BCUT2D eigenvalue weighted by Crippen LogP contribution is -2.59. The minimum absolute atomic E-state index is 0.357. The van der Waals surface area contributed by atoms with Gasteiger partial charge < -0.3 is 4.74 Å². The topological polar surface area (TPSA) is 82.1 Å². The molecular formula is C17H25N3O4S. The summed E-state index contributed by atoms with van der Waals surface area (Å²) in [4.78, 5) is 14.6. The molecule has 3 rings (SSSR count). The molecule has 2 aliphatic rings. The summed E-state index contributed by atoms with van der Waals surface area (Å²) in [7, 11) is -1.49. The van der Waals surface area contributed by atoms with Gasteiger partial charge in [0.05, 0.1) is 0 Å². The standard InChI is InChI=1S/C17H25N3O4S/c21-16(18-22)17(6-12-24-13-7-17)25(23)20-10-8-19(9-11-20)14-15-4-2-1-3-5-15/h1-5,22H,6-14H2,(H,18,21). The molecule has 0 aromatic heterocycles. The second-order valence-electron chi connectivity index (χ2n) is 6.49. The molecular weight excluding hydrogens is 342 g/mol. The average molecular weight is 367 g/mol. The van der Waals surface area contributed by atoms with E-state index in [1.54, 1.807) is 5.48 Å². The Bertz CT molecular complexity index is 599. The summed E-state index contributed by atoms with van der Waals surface area (Å²) in [6.45, 7) is 4.52. The molecule has 0 bridgehead atoms. The molecule has 2 N–H and O–H groups in total. The average Bonchev–Trinajstić information content (AvgIpc) is 2.68. The van der Waals surface area contributed by atoms with Crippen molar-refractivity contribution in [3.8, 4) is 0 Å². The number of carbonyl (C=O) groups excluding carboxylic acids is 1. The van der Waals surface area contributed by atoms with Crippen LogP contribution in [-0.2, 0) is 27.1 Å². The van der Waals surface area contributed by atoms with E-state index >= 15 is 0 Å². The van der Waals surface area contributed by atoms with Crippen LogP contribution >= 0.6 is 0 Å². The van der Waals surface area contributed by atoms with Crippen molar-refractivity contribution in [1.82, 2.24) is 14.7 Å². The highest BCUT2D eigenvalue weighted by atomic mass is 32.2. The van der Waals surface area contributed by atoms with Crippen molar-refractivity contribution < 1.29 is 18.9 Å². The van der Waals surface area contributed by atoms with E-state index in [0.29, 0.717) is 39.1 Å². The summed E-state index contributed by atoms with van der Waals surface area (Å²) >= 11 is 0. The summed E-state index contributed by atoms with van der Waals surface area (Å²) in [5.41, 5.74) is 2.97. The normalized spacial score (nSPS) is 23.1. The Morgan fingerprint density at radius 1 is 1.16 bits per heavy atom. The quantitative estimate of drug-likeness (QED) is 0.586. The molecule has 7 nitrogen and oxygen atoms in total. The van der Waals surface area contributed by atoms with E-state index in [4.69, 9.17) is 9.94 Å². The molecule has 2 saturated heterocycles. The van der Waals surface area contributed by atoms with E-state index in [0.717, 1.165) is 19.6 Å². The van der Waals surface area contributed by atoms with Gasteiger partial charge in [-0.05, 0) is 18.4 Å². The van der Waals surface area contributed by atoms with Gasteiger partial charge in [-0.1, -0.05) is 30.3 Å². The number of amides is 1. The maximum absolute atomic E-state index is 13.1. The molecule has 1 unspecified atom stereocenters. The van der Waals surface area contributed by atoms with Crippen LogP contribution in [0.4, 0.5) is 0 Å². The predicted molar refractivity (Wildman–Crippen MR) is 94.1 cm³/mol. The molecule has 0 saturated carbocycles. The first-order chi connectivity index (χ1) is 12.2. The third kappa shape index (κ3) is 4.09. The Morgan fingerprint density at radius 3 is 2.40 bits per heavy atom. The van der Waals surface area contributed by atoms with E-state index < -0.39 is 21.6 Å². The van der Waals surface area contributed by atoms with Crippen LogP contribution in [0, 0.1) is 0 Å². The van der Waals surface area contributed by atoms with E-state index in [9.17, 15) is 9.00 Å². The summed E-state index contributed by atoms with van der Waals surface area (Å²) in [5.74, 6) is -0.569. The maximum Gasteiger partial charge on any atom is 0.263 e. The molecule has 1 aromatic carbocycles. The lowest BCUT2D eigenvalue weighted by atomic mass is 9.98. The second kappa shape index (κ2) is 8.37. The number of piperazine rings is 1. The van der Waals surface area contributed by atoms with E-state index in [2.05, 4.69) is 17.0 Å². The summed E-state index contributed by atoms with van der Waals surface area (Å²) < 4.78 is 19.2. The van der Waals surface area contributed by atoms with E-state index in [-0.39, 0.29) is 0 Å². The zero-order chi connectivity index (χ0) is 17.7. The van der Waals surface area contributed by atoms with Crippen molar-refractivity contribution in [3.63, 3.8) is 0 Å². The molecule has 2 fully saturated rings. The van der Waals surface area contributed by atoms with Gasteiger partial charge in [0.1, 0.15) is 15.7 Å². The highest BCUT2D eigenvalue weighted by Gasteiger charge is 2.48. The van der Waals surface area contributed by atoms with Crippen molar-refractivity contribution in [2.24, 2.45) is 0 Å². The van der Waals surface area contributed by atoms with E-state index in [1.165, 1.54) is 5.56 Å². The van der Waals surface area contributed by atoms with Crippen LogP contribution in [0.2, 0.25) is 0 Å². The number of nitrogens with zero attached hydrogens (tertiary/aromatic N) is 2. The summed E-state index contributed by atoms with van der Waals surface area (Å²) in [6.07, 6.45) is 0.715. The number of carbonyl (C=O) groups is 1. The zero-order valence-corrected chi connectivity index (χ0v) is 15.0. The first-order valence-electron chi connectivity index (χ1n) is 8.61. The second-order valence-corrected chi connectivity index (χ2v) is 8.28. The van der Waals surface area contributed by atoms with Gasteiger partial charge in [0.25, 0.3) is 5.91 Å². The molecule has 0 radical (unpaired) electrons. The molecule has 25 heavy (non-hydrogen) atoms. The van der Waals surface area contributed by atoms with Crippen molar-refractivity contribution in [3.05, 3.63) is 35.9 Å². The highest BCUT2D eigenvalue weighted by Crippen LogP contribution is 2.30. The minimum Gasteiger partial charge on any atom is -0.381 e. The van der Waals surface area contributed by atoms with Crippen molar-refractivity contribution in [1.29, 1.82) is 0 Å². The smallest absolute Gasteiger partial charge is 0.263 e. The first-order valence-corrected chi connectivity index (χ1v) is 9.72. The maximum atomic E-state index is 13.1. The number of ether oxygens (including phenoxy) is 1. The third-order valence-electron chi connectivity index (χ3n) is 4.96. The SMILES string of the molecule is O=C(NO)C1(S(=O)N2CCN(Cc3ccccc3)CC2)CCOCC1. The number of rotatable bonds is 5. The van der Waals surface area contributed by atoms with Crippen molar-refractivity contribution >= 4 is 16.9 Å². The molecule has 2 heterocycles. The van der Waals surface area contributed by atoms with Gasteiger partial charge in [-0.15, -0.1) is 0 Å². The van der Waals surface area contributed by atoms with Crippen LogP contribution in [0.25, 0.3) is 0 Å². The molecule has 1 aromatic rings. The fourth-order valence-electron chi connectivity index (χ4n) is 3.43. The van der Waals surface area contributed by atoms with Gasteiger partial charge >= 0.3 is 0 Å². The molecule has 1 atom stereocenters. The van der Waals surface area contributed by atoms with Gasteiger partial charge in [-0.2, -0.15) is 0 Å². The lowest BCUT2D eigenvalue weighted by Gasteiger charge is -2.41. The Balaban J connectivity index is 1.61. The summed E-state index contributed by atoms with van der Waals surface area (Å²) in [5, 5.41) is 9.10. The van der Waals surface area contributed by atoms with Crippen molar-refractivity contribution in [2.75, 3.05) is 39.4 Å². The highest BCUT2D eigenvalue weighted by molar-refractivity contribution is 7.85. The Kier molecular flexibility index (Phi) is 6.19. The summed E-state index contributed by atoms with van der Waals surface area (Å²) in [6, 6.07) is 10.3. The van der Waals surface area contributed by atoms with Crippen LogP contribution in [0.15, 0.2) is 30.3 Å². The van der Waals surface area contributed by atoms with Crippen LogP contribution in [0.3, 0.4) is 0 Å². The van der Waals surface area contributed by atoms with Gasteiger partial charge in [-0.3, -0.25) is 14.9 Å². The lowest BCUT2D eigenvalue weighted by molar-refractivity contribution is -0.134. The zero-order valence-electron chi connectivity index (χ0n) is 14.2. The van der Waals surface area contributed by atoms with Crippen LogP contribution in [0.5, 0.6) is 0 Å². The molecule has 8 heteroatoms. The Labute approximate surface area is 150 Å². The van der Waals surface area contributed by atoms with Gasteiger partial charge in [0.15, 0.2) is 0 Å². The molecule has 1 amide bonds. The fourth-order valence-corrected chi connectivity index (χ4v) is 5.14. The predicted octanol–water partition coefficient (Wildman–Crippen LogP) is 0.523. The van der Waals surface area contributed by atoms with Gasteiger partial charge in [0.2, 0.25) is 0 Å². The number of hydroxylamine groups is 1. The van der Waals surface area contributed by atoms with Gasteiger partial charge in [0, 0.05) is 45.9 Å². The van der Waals surface area contributed by atoms with Crippen LogP contribution in [-0.4, -0.2) is 68.7 Å². The molecule has 2 aliphatic heterocycles. The van der Waals surface area contributed by atoms with Crippen LogP contribution < -0.4 is 5.48 Å². The Hall–Kier alpha value is -1.32. The third-order valence-corrected chi connectivity index (χ3v) is 7.06. The number of hydrogen-bond donors (Lipinski definition) is 2. The monoisotopic (exact) mass is 367 g/mol. The molecule has 138 valence electrons. The van der Waals surface area contributed by atoms with E-state index in [1.807, 2.05) is 22.5 Å². The minimum atomic E-state index is -1.49. The van der Waals surface area contributed by atoms with Crippen LogP contribution in [0.1, 0.15) is 18.4 Å². The number of nitrogens with one attached hydrogen (secondary N) is 1. The number of benzene rings is 1. The largest absolute Gasteiger partial charge is 0.381 e. The molecule has 0 aliphatic carbocycles.